The summed E-state index contributed by atoms with van der Waals surface area (Å²) in [6.45, 7) is 1.73. The third-order valence-electron chi connectivity index (χ3n) is 3.87. The Morgan fingerprint density at radius 3 is 2.74 bits per heavy atom. The lowest BCUT2D eigenvalue weighted by Crippen LogP contribution is -2.33. The van der Waals surface area contributed by atoms with Gasteiger partial charge < -0.3 is 4.74 Å². The molecule has 1 aromatic heterocycles. The molecule has 2 aromatic rings. The molecule has 0 spiro atoms. The third-order valence-corrected chi connectivity index (χ3v) is 5.12. The van der Waals surface area contributed by atoms with Crippen molar-refractivity contribution in [3.8, 4) is 0 Å². The number of carbonyl (C=O) groups is 2. The maximum atomic E-state index is 12.1. The summed E-state index contributed by atoms with van der Waals surface area (Å²) in [5, 5.41) is 0. The topological polar surface area (TPSA) is 46.6 Å². The summed E-state index contributed by atoms with van der Waals surface area (Å²) in [4.78, 5) is 27.1. The molecule has 3 rings (SSSR count). The van der Waals surface area contributed by atoms with Crippen LogP contribution in [0.3, 0.4) is 0 Å². The molecule has 1 atom stereocenters. The van der Waals surface area contributed by atoms with Crippen LogP contribution in [-0.2, 0) is 16.0 Å². The highest BCUT2D eigenvalue weighted by Gasteiger charge is 2.32. The molecule has 1 saturated heterocycles. The zero-order valence-electron chi connectivity index (χ0n) is 13.0. The van der Waals surface area contributed by atoms with Crippen LogP contribution in [0.5, 0.6) is 0 Å². The molecule has 0 bridgehead atoms. The van der Waals surface area contributed by atoms with Gasteiger partial charge in [-0.2, -0.15) is 0 Å². The van der Waals surface area contributed by atoms with E-state index in [1.807, 2.05) is 42.5 Å². The van der Waals surface area contributed by atoms with E-state index in [0.29, 0.717) is 0 Å². The van der Waals surface area contributed by atoms with Crippen LogP contribution in [0.2, 0.25) is 0 Å². The first kappa shape index (κ1) is 15.9. The van der Waals surface area contributed by atoms with Gasteiger partial charge in [0.25, 0.3) is 5.91 Å². The fraction of sp³-hybridized carbons (Fsp3) is 0.333. The summed E-state index contributed by atoms with van der Waals surface area (Å²) in [5.74, 6) is 0.123. The fourth-order valence-corrected chi connectivity index (χ4v) is 3.68. The summed E-state index contributed by atoms with van der Waals surface area (Å²) >= 11 is 1.55. The molecule has 1 unspecified atom stereocenters. The average Bonchev–Trinajstić information content (AvgIpc) is 3.16. The number of carbonyl (C=O) groups excluding carboxylic acids is 2. The van der Waals surface area contributed by atoms with Gasteiger partial charge in [0.05, 0.1) is 4.88 Å². The van der Waals surface area contributed by atoms with E-state index >= 15 is 0 Å². The van der Waals surface area contributed by atoms with Gasteiger partial charge in [0, 0.05) is 10.6 Å². The number of ketones is 1. The van der Waals surface area contributed by atoms with Crippen LogP contribution in [0.15, 0.2) is 42.5 Å². The van der Waals surface area contributed by atoms with Gasteiger partial charge in [-0.05, 0) is 50.5 Å². The van der Waals surface area contributed by atoms with Crippen LogP contribution in [0, 0.1) is 0 Å². The molecule has 23 heavy (non-hydrogen) atoms. The molecule has 1 fully saturated rings. The number of hydrogen-bond donors (Lipinski definition) is 0. The molecule has 4 nitrogen and oxygen atoms in total. The Kier molecular flexibility index (Phi) is 4.88. The summed E-state index contributed by atoms with van der Waals surface area (Å²) in [7, 11) is 0. The molecular weight excluding hydrogens is 310 g/mol. The number of hydrogen-bond acceptors (Lipinski definition) is 4. The van der Waals surface area contributed by atoms with Crippen molar-refractivity contribution in [3.05, 3.63) is 52.2 Å². The minimum Gasteiger partial charge on any atom is -0.348 e. The predicted molar refractivity (Wildman–Crippen MR) is 90.9 cm³/mol. The maximum Gasteiger partial charge on any atom is 0.255 e. The van der Waals surface area contributed by atoms with Crippen LogP contribution in [0.4, 0.5) is 5.69 Å². The Labute approximate surface area is 139 Å². The summed E-state index contributed by atoms with van der Waals surface area (Å²) in [6.07, 6.45) is 2.40. The maximum absolute atomic E-state index is 12.1. The van der Waals surface area contributed by atoms with E-state index in [1.165, 1.54) is 4.88 Å². The number of anilines is 1. The largest absolute Gasteiger partial charge is 0.348 e. The van der Waals surface area contributed by atoms with Crippen LogP contribution < -0.4 is 4.90 Å². The molecule has 1 aliphatic heterocycles. The van der Waals surface area contributed by atoms with Crippen molar-refractivity contribution in [2.24, 2.45) is 0 Å². The second-order valence-corrected chi connectivity index (χ2v) is 6.75. The zero-order valence-corrected chi connectivity index (χ0v) is 13.8. The summed E-state index contributed by atoms with van der Waals surface area (Å²) in [6, 6.07) is 13.5. The number of Topliss-reactive ketones (excluding diaryl/α,β-unsaturated/α-hetero) is 1. The Morgan fingerprint density at radius 2 is 2.04 bits per heavy atom. The lowest BCUT2D eigenvalue weighted by Gasteiger charge is -2.23. The number of amides is 1. The quantitative estimate of drug-likeness (QED) is 0.760. The van der Waals surface area contributed by atoms with Crippen LogP contribution in [0.25, 0.3) is 0 Å². The molecule has 1 aliphatic rings. The molecule has 0 saturated carbocycles. The molecular formula is C18H19NO3S. The van der Waals surface area contributed by atoms with E-state index < -0.39 is 0 Å². The Bertz CT molecular complexity index is 695. The first-order chi connectivity index (χ1) is 11.1. The summed E-state index contributed by atoms with van der Waals surface area (Å²) < 4.78 is 5.64. The van der Waals surface area contributed by atoms with Crippen molar-refractivity contribution in [2.45, 2.75) is 32.4 Å². The van der Waals surface area contributed by atoms with E-state index in [0.717, 1.165) is 29.8 Å². The standard InChI is InChI=1S/C18H19NO3S/c1-13(20)16-11-10-15(23-16)8-5-9-18-19(17(21)12-22-18)14-6-3-2-4-7-14/h2-4,6-7,10-11,18H,5,8-9,12H2,1H3. The number of nitrogens with zero attached hydrogens (tertiary/aromatic N) is 1. The van der Waals surface area contributed by atoms with Crippen molar-refractivity contribution in [1.82, 2.24) is 0 Å². The SMILES string of the molecule is CC(=O)c1ccc(CCCC2OCC(=O)N2c2ccccc2)s1. The van der Waals surface area contributed by atoms with E-state index in [4.69, 9.17) is 4.74 Å². The highest BCUT2D eigenvalue weighted by atomic mass is 32.1. The third kappa shape index (κ3) is 3.68. The first-order valence-electron chi connectivity index (χ1n) is 7.73. The van der Waals surface area contributed by atoms with Crippen molar-refractivity contribution >= 4 is 28.7 Å². The number of ether oxygens (including phenoxy) is 1. The van der Waals surface area contributed by atoms with E-state index in [2.05, 4.69) is 0 Å². The molecule has 1 amide bonds. The van der Waals surface area contributed by atoms with Gasteiger partial charge in [-0.1, -0.05) is 18.2 Å². The van der Waals surface area contributed by atoms with Crippen molar-refractivity contribution in [3.63, 3.8) is 0 Å². The van der Waals surface area contributed by atoms with Crippen LogP contribution in [-0.4, -0.2) is 24.5 Å². The molecule has 120 valence electrons. The van der Waals surface area contributed by atoms with Crippen molar-refractivity contribution in [2.75, 3.05) is 11.5 Å². The van der Waals surface area contributed by atoms with E-state index in [-0.39, 0.29) is 24.5 Å². The smallest absolute Gasteiger partial charge is 0.255 e. The van der Waals surface area contributed by atoms with Gasteiger partial charge >= 0.3 is 0 Å². The number of thiophene rings is 1. The monoisotopic (exact) mass is 329 g/mol. The lowest BCUT2D eigenvalue weighted by atomic mass is 10.1. The molecule has 1 aromatic carbocycles. The Balaban J connectivity index is 1.58. The second kappa shape index (κ2) is 7.06. The average molecular weight is 329 g/mol. The van der Waals surface area contributed by atoms with Crippen molar-refractivity contribution in [1.29, 1.82) is 0 Å². The molecule has 2 heterocycles. The van der Waals surface area contributed by atoms with Gasteiger partial charge in [0.2, 0.25) is 0 Å². The highest BCUT2D eigenvalue weighted by molar-refractivity contribution is 7.14. The second-order valence-electron chi connectivity index (χ2n) is 5.58. The van der Waals surface area contributed by atoms with Gasteiger partial charge in [0.15, 0.2) is 5.78 Å². The fourth-order valence-electron chi connectivity index (χ4n) is 2.74. The van der Waals surface area contributed by atoms with Crippen LogP contribution in [0.1, 0.15) is 34.3 Å². The van der Waals surface area contributed by atoms with E-state index in [1.54, 1.807) is 23.2 Å². The Hall–Kier alpha value is -1.98. The highest BCUT2D eigenvalue weighted by Crippen LogP contribution is 2.26. The molecule has 0 aliphatic carbocycles. The number of aryl methyl sites for hydroxylation is 1. The normalized spacial score (nSPS) is 17.7. The molecule has 0 N–H and O–H groups in total. The number of benzene rings is 1. The van der Waals surface area contributed by atoms with E-state index in [9.17, 15) is 9.59 Å². The summed E-state index contributed by atoms with van der Waals surface area (Å²) in [5.41, 5.74) is 0.884. The van der Waals surface area contributed by atoms with Gasteiger partial charge in [-0.3, -0.25) is 14.5 Å². The van der Waals surface area contributed by atoms with Gasteiger partial charge in [0.1, 0.15) is 12.8 Å². The number of rotatable bonds is 6. The molecule has 0 radical (unpaired) electrons. The number of para-hydroxylation sites is 1. The van der Waals surface area contributed by atoms with Gasteiger partial charge in [-0.15, -0.1) is 11.3 Å². The first-order valence-corrected chi connectivity index (χ1v) is 8.55. The lowest BCUT2D eigenvalue weighted by molar-refractivity contribution is -0.117. The minimum atomic E-state index is -0.197. The predicted octanol–water partition coefficient (Wildman–Crippen LogP) is 3.66. The molecule has 5 heteroatoms. The van der Waals surface area contributed by atoms with Gasteiger partial charge in [-0.25, -0.2) is 0 Å². The van der Waals surface area contributed by atoms with Crippen LogP contribution >= 0.6 is 11.3 Å². The zero-order chi connectivity index (χ0) is 16.2. The Morgan fingerprint density at radius 1 is 1.26 bits per heavy atom. The van der Waals surface area contributed by atoms with Crippen molar-refractivity contribution < 1.29 is 14.3 Å². The minimum absolute atomic E-state index is 0.0104.